The molecule has 0 unspecified atom stereocenters. The summed E-state index contributed by atoms with van der Waals surface area (Å²) in [6.45, 7) is 7.06. The summed E-state index contributed by atoms with van der Waals surface area (Å²) in [6.07, 6.45) is 0. The third-order valence-electron chi connectivity index (χ3n) is 2.69. The van der Waals surface area contributed by atoms with Crippen LogP contribution in [0.4, 0.5) is 5.82 Å². The van der Waals surface area contributed by atoms with Crippen LogP contribution < -0.4 is 5.32 Å². The highest BCUT2D eigenvalue weighted by atomic mass is 35.5. The van der Waals surface area contributed by atoms with Gasteiger partial charge in [-0.3, -0.25) is 0 Å². The molecule has 0 amide bonds. The van der Waals surface area contributed by atoms with E-state index in [0.717, 1.165) is 28.8 Å². The van der Waals surface area contributed by atoms with Crippen LogP contribution in [0.5, 0.6) is 0 Å². The van der Waals surface area contributed by atoms with Crippen LogP contribution >= 0.6 is 11.6 Å². The molecule has 1 heterocycles. The minimum atomic E-state index is 0.708. The van der Waals surface area contributed by atoms with Crippen molar-refractivity contribution in [2.45, 2.75) is 20.8 Å². The van der Waals surface area contributed by atoms with E-state index < -0.39 is 0 Å². The smallest absolute Gasteiger partial charge is 0.129 e. The maximum absolute atomic E-state index is 6.16. The van der Waals surface area contributed by atoms with E-state index in [1.165, 1.54) is 5.56 Å². The van der Waals surface area contributed by atoms with Gasteiger partial charge in [-0.2, -0.15) is 0 Å². The molecular formula is C13H15ClN2. The molecular weight excluding hydrogens is 220 g/mol. The normalized spacial score (nSPS) is 10.8. The van der Waals surface area contributed by atoms with E-state index in [1.807, 2.05) is 12.1 Å². The summed E-state index contributed by atoms with van der Waals surface area (Å²) >= 11 is 6.16. The summed E-state index contributed by atoms with van der Waals surface area (Å²) in [5.74, 6) is 0.919. The second-order valence-corrected chi connectivity index (χ2v) is 4.35. The summed E-state index contributed by atoms with van der Waals surface area (Å²) in [6, 6.07) is 6.07. The van der Waals surface area contributed by atoms with Gasteiger partial charge >= 0.3 is 0 Å². The Kier molecular flexibility index (Phi) is 3.01. The molecule has 16 heavy (non-hydrogen) atoms. The van der Waals surface area contributed by atoms with Crippen molar-refractivity contribution >= 4 is 28.3 Å². The number of rotatable bonds is 2. The number of nitrogens with one attached hydrogen (secondary N) is 1. The molecule has 84 valence electrons. The van der Waals surface area contributed by atoms with E-state index in [-0.39, 0.29) is 0 Å². The topological polar surface area (TPSA) is 24.9 Å². The molecule has 0 radical (unpaired) electrons. The van der Waals surface area contributed by atoms with E-state index in [4.69, 9.17) is 11.6 Å². The van der Waals surface area contributed by atoms with Gasteiger partial charge in [0.1, 0.15) is 5.82 Å². The second kappa shape index (κ2) is 4.30. The standard InChI is InChI=1S/C13H15ClN2/c1-4-15-13-9(3)7-10-8(2)5-6-11(14)12(10)16-13/h5-7H,4H2,1-3H3,(H,15,16). The Bertz CT molecular complexity index is 535. The number of aromatic nitrogens is 1. The zero-order chi connectivity index (χ0) is 11.7. The van der Waals surface area contributed by atoms with Gasteiger partial charge in [-0.1, -0.05) is 17.7 Å². The number of fused-ring (bicyclic) bond motifs is 1. The average Bonchev–Trinajstić information content (AvgIpc) is 2.26. The molecule has 3 heteroatoms. The number of hydrogen-bond donors (Lipinski definition) is 1. The third-order valence-corrected chi connectivity index (χ3v) is 2.99. The number of benzene rings is 1. The summed E-state index contributed by atoms with van der Waals surface area (Å²) in [5, 5.41) is 5.08. The summed E-state index contributed by atoms with van der Waals surface area (Å²) in [4.78, 5) is 4.58. The second-order valence-electron chi connectivity index (χ2n) is 3.94. The largest absolute Gasteiger partial charge is 0.370 e. The molecule has 1 aromatic heterocycles. The fraction of sp³-hybridized carbons (Fsp3) is 0.308. The van der Waals surface area contributed by atoms with Crippen molar-refractivity contribution in [3.8, 4) is 0 Å². The van der Waals surface area contributed by atoms with E-state index >= 15 is 0 Å². The van der Waals surface area contributed by atoms with Crippen molar-refractivity contribution in [3.05, 3.63) is 34.3 Å². The molecule has 0 aliphatic rings. The summed E-state index contributed by atoms with van der Waals surface area (Å²) in [7, 11) is 0. The molecule has 0 bridgehead atoms. The van der Waals surface area contributed by atoms with Crippen molar-refractivity contribution in [2.75, 3.05) is 11.9 Å². The number of pyridine rings is 1. The fourth-order valence-electron chi connectivity index (χ4n) is 1.81. The van der Waals surface area contributed by atoms with Crippen LogP contribution in [-0.2, 0) is 0 Å². The first-order valence-corrected chi connectivity index (χ1v) is 5.81. The molecule has 0 saturated carbocycles. The van der Waals surface area contributed by atoms with Gasteiger partial charge < -0.3 is 5.32 Å². The molecule has 0 aliphatic carbocycles. The van der Waals surface area contributed by atoms with E-state index in [1.54, 1.807) is 0 Å². The van der Waals surface area contributed by atoms with Crippen LogP contribution in [0.3, 0.4) is 0 Å². The van der Waals surface area contributed by atoms with Gasteiger partial charge in [0.15, 0.2) is 0 Å². The Morgan fingerprint density at radius 3 is 2.69 bits per heavy atom. The highest BCUT2D eigenvalue weighted by molar-refractivity contribution is 6.35. The van der Waals surface area contributed by atoms with Gasteiger partial charge in [-0.05, 0) is 44.0 Å². The van der Waals surface area contributed by atoms with Gasteiger partial charge in [0.25, 0.3) is 0 Å². The number of anilines is 1. The quantitative estimate of drug-likeness (QED) is 0.852. The van der Waals surface area contributed by atoms with Crippen molar-refractivity contribution in [1.29, 1.82) is 0 Å². The van der Waals surface area contributed by atoms with Crippen molar-refractivity contribution in [2.24, 2.45) is 0 Å². The van der Waals surface area contributed by atoms with Crippen molar-refractivity contribution in [3.63, 3.8) is 0 Å². The molecule has 0 spiro atoms. The summed E-state index contributed by atoms with van der Waals surface area (Å²) in [5.41, 5.74) is 3.24. The Labute approximate surface area is 101 Å². The Hall–Kier alpha value is -1.28. The SMILES string of the molecule is CCNc1nc2c(Cl)ccc(C)c2cc1C. The molecule has 2 rings (SSSR count). The monoisotopic (exact) mass is 234 g/mol. The van der Waals surface area contributed by atoms with Crippen LogP contribution in [0.1, 0.15) is 18.1 Å². The van der Waals surface area contributed by atoms with Crippen molar-refractivity contribution < 1.29 is 0 Å². The maximum Gasteiger partial charge on any atom is 0.129 e. The lowest BCUT2D eigenvalue weighted by molar-refractivity contribution is 1.16. The first-order chi connectivity index (χ1) is 7.63. The third kappa shape index (κ3) is 1.85. The maximum atomic E-state index is 6.16. The highest BCUT2D eigenvalue weighted by Gasteiger charge is 2.07. The van der Waals surface area contributed by atoms with Crippen molar-refractivity contribution in [1.82, 2.24) is 4.98 Å². The van der Waals surface area contributed by atoms with Gasteiger partial charge in [0, 0.05) is 11.9 Å². The number of nitrogens with zero attached hydrogens (tertiary/aromatic N) is 1. The van der Waals surface area contributed by atoms with Crippen LogP contribution in [-0.4, -0.2) is 11.5 Å². The molecule has 2 aromatic rings. The minimum absolute atomic E-state index is 0.708. The molecule has 1 aromatic carbocycles. The fourth-order valence-corrected chi connectivity index (χ4v) is 2.02. The molecule has 0 aliphatic heterocycles. The van der Waals surface area contributed by atoms with Crippen LogP contribution in [0.2, 0.25) is 5.02 Å². The molecule has 2 nitrogen and oxygen atoms in total. The number of halogens is 1. The Balaban J connectivity index is 2.73. The molecule has 0 saturated heterocycles. The average molecular weight is 235 g/mol. The Morgan fingerprint density at radius 2 is 2.00 bits per heavy atom. The van der Waals surface area contributed by atoms with Gasteiger partial charge in [-0.15, -0.1) is 0 Å². The zero-order valence-electron chi connectivity index (χ0n) is 9.76. The lowest BCUT2D eigenvalue weighted by atomic mass is 10.1. The Morgan fingerprint density at radius 1 is 1.25 bits per heavy atom. The minimum Gasteiger partial charge on any atom is -0.370 e. The predicted octanol–water partition coefficient (Wildman–Crippen LogP) is 3.94. The van der Waals surface area contributed by atoms with Gasteiger partial charge in [0.05, 0.1) is 10.5 Å². The van der Waals surface area contributed by atoms with Gasteiger partial charge in [-0.25, -0.2) is 4.98 Å². The van der Waals surface area contributed by atoms with E-state index in [2.05, 4.69) is 37.1 Å². The van der Waals surface area contributed by atoms with Crippen LogP contribution in [0, 0.1) is 13.8 Å². The lowest BCUT2D eigenvalue weighted by Crippen LogP contribution is -2.02. The molecule has 1 N–H and O–H groups in total. The molecule has 0 fully saturated rings. The van der Waals surface area contributed by atoms with E-state index in [9.17, 15) is 0 Å². The first kappa shape index (κ1) is 11.2. The lowest BCUT2D eigenvalue weighted by Gasteiger charge is -2.10. The predicted molar refractivity (Wildman–Crippen MR) is 70.4 cm³/mol. The first-order valence-electron chi connectivity index (χ1n) is 5.43. The highest BCUT2D eigenvalue weighted by Crippen LogP contribution is 2.28. The van der Waals surface area contributed by atoms with Crippen LogP contribution in [0.15, 0.2) is 18.2 Å². The zero-order valence-corrected chi connectivity index (χ0v) is 10.5. The van der Waals surface area contributed by atoms with Crippen LogP contribution in [0.25, 0.3) is 10.9 Å². The van der Waals surface area contributed by atoms with Gasteiger partial charge in [0.2, 0.25) is 0 Å². The summed E-state index contributed by atoms with van der Waals surface area (Å²) < 4.78 is 0. The van der Waals surface area contributed by atoms with E-state index in [0.29, 0.717) is 5.02 Å². The number of hydrogen-bond acceptors (Lipinski definition) is 2. The molecule has 0 atom stereocenters. The number of aryl methyl sites for hydroxylation is 2.